The number of benzene rings is 1. The minimum Gasteiger partial charge on any atom is -0.337 e. The van der Waals surface area contributed by atoms with Gasteiger partial charge < -0.3 is 15.1 Å². The van der Waals surface area contributed by atoms with Gasteiger partial charge in [0.2, 0.25) is 5.95 Å². The molecule has 1 aliphatic heterocycles. The second-order valence-corrected chi connectivity index (χ2v) is 5.82. The molecule has 3 rings (SSSR count). The molecule has 1 aromatic carbocycles. The number of hydrogen-bond acceptors (Lipinski definition) is 4. The summed E-state index contributed by atoms with van der Waals surface area (Å²) in [5, 5.41) is 3.53. The molecule has 2 aromatic rings. The van der Waals surface area contributed by atoms with Crippen molar-refractivity contribution >= 4 is 29.3 Å². The molecule has 0 unspecified atom stereocenters. The fraction of sp³-hybridized carbons (Fsp3) is 0.312. The number of hydrogen-bond donors (Lipinski definition) is 1. The molecule has 1 N–H and O–H groups in total. The Kier molecular flexibility index (Phi) is 4.62. The average Bonchev–Trinajstić information content (AvgIpc) is 2.59. The van der Waals surface area contributed by atoms with Gasteiger partial charge >= 0.3 is 6.03 Å². The number of anilines is 2. The molecule has 0 saturated carbocycles. The zero-order valence-electron chi connectivity index (χ0n) is 12.9. The maximum Gasteiger partial charge on any atom is 0.321 e. The number of aromatic nitrogens is 2. The minimum atomic E-state index is -0.112. The summed E-state index contributed by atoms with van der Waals surface area (Å²) in [7, 11) is 0. The van der Waals surface area contributed by atoms with Gasteiger partial charge in [0.25, 0.3) is 0 Å². The molecule has 2 heterocycles. The number of halogens is 1. The van der Waals surface area contributed by atoms with Gasteiger partial charge in [0.15, 0.2) is 0 Å². The molecule has 1 fully saturated rings. The maximum atomic E-state index is 12.3. The fourth-order valence-electron chi connectivity index (χ4n) is 2.44. The summed E-state index contributed by atoms with van der Waals surface area (Å²) in [5.41, 5.74) is 1.69. The summed E-state index contributed by atoms with van der Waals surface area (Å²) in [6.45, 7) is 4.62. The Morgan fingerprint density at radius 3 is 2.52 bits per heavy atom. The Hall–Kier alpha value is -2.34. The molecular weight excluding hydrogens is 314 g/mol. The third kappa shape index (κ3) is 3.71. The molecule has 0 aliphatic carbocycles. The van der Waals surface area contributed by atoms with Crippen LogP contribution in [0, 0.1) is 6.92 Å². The summed E-state index contributed by atoms with van der Waals surface area (Å²) in [6, 6.07) is 7.19. The highest BCUT2D eigenvalue weighted by Crippen LogP contribution is 2.20. The number of urea groups is 1. The molecule has 0 atom stereocenters. The van der Waals surface area contributed by atoms with Crippen LogP contribution in [0.2, 0.25) is 5.02 Å². The van der Waals surface area contributed by atoms with E-state index in [1.165, 1.54) is 0 Å². The van der Waals surface area contributed by atoms with Gasteiger partial charge in [-0.25, -0.2) is 14.8 Å². The molecule has 23 heavy (non-hydrogen) atoms. The van der Waals surface area contributed by atoms with Crippen molar-refractivity contribution in [3.05, 3.63) is 47.2 Å². The zero-order valence-corrected chi connectivity index (χ0v) is 13.6. The SMILES string of the molecule is Cc1ccc(NC(=O)N2CCN(c3ncccn3)CC2)cc1Cl. The van der Waals surface area contributed by atoms with Crippen molar-refractivity contribution in [3.8, 4) is 0 Å². The monoisotopic (exact) mass is 331 g/mol. The van der Waals surface area contributed by atoms with E-state index in [0.29, 0.717) is 42.8 Å². The van der Waals surface area contributed by atoms with Gasteiger partial charge in [-0.3, -0.25) is 0 Å². The molecular formula is C16H18ClN5O. The highest BCUT2D eigenvalue weighted by Gasteiger charge is 2.22. The van der Waals surface area contributed by atoms with Crippen molar-refractivity contribution < 1.29 is 4.79 Å². The van der Waals surface area contributed by atoms with Gasteiger partial charge in [0.05, 0.1) is 0 Å². The number of nitrogens with one attached hydrogen (secondary N) is 1. The van der Waals surface area contributed by atoms with Crippen molar-refractivity contribution in [2.24, 2.45) is 0 Å². The Morgan fingerprint density at radius 2 is 1.87 bits per heavy atom. The molecule has 1 aromatic heterocycles. The standard InChI is InChI=1S/C16H18ClN5O/c1-12-3-4-13(11-14(12)17)20-16(23)22-9-7-21(8-10-22)15-18-5-2-6-19-15/h2-6,11H,7-10H2,1H3,(H,20,23). The summed E-state index contributed by atoms with van der Waals surface area (Å²) in [6.07, 6.45) is 3.45. The molecule has 0 spiro atoms. The lowest BCUT2D eigenvalue weighted by atomic mass is 10.2. The van der Waals surface area contributed by atoms with E-state index in [1.807, 2.05) is 19.1 Å². The van der Waals surface area contributed by atoms with Crippen molar-refractivity contribution in [2.75, 3.05) is 36.4 Å². The van der Waals surface area contributed by atoms with Crippen LogP contribution in [0.1, 0.15) is 5.56 Å². The van der Waals surface area contributed by atoms with Crippen LogP contribution in [-0.2, 0) is 0 Å². The molecule has 1 saturated heterocycles. The van der Waals surface area contributed by atoms with Crippen LogP contribution in [0.3, 0.4) is 0 Å². The van der Waals surface area contributed by atoms with Crippen LogP contribution in [0.15, 0.2) is 36.7 Å². The Bertz CT molecular complexity index is 686. The molecule has 120 valence electrons. The summed E-state index contributed by atoms with van der Waals surface area (Å²) in [5.74, 6) is 0.706. The van der Waals surface area contributed by atoms with E-state index in [-0.39, 0.29) is 6.03 Å². The van der Waals surface area contributed by atoms with E-state index < -0.39 is 0 Å². The summed E-state index contributed by atoms with van der Waals surface area (Å²) >= 11 is 6.08. The highest BCUT2D eigenvalue weighted by atomic mass is 35.5. The molecule has 0 bridgehead atoms. The average molecular weight is 332 g/mol. The number of carbonyl (C=O) groups is 1. The lowest BCUT2D eigenvalue weighted by Crippen LogP contribution is -2.50. The zero-order chi connectivity index (χ0) is 16.2. The van der Waals surface area contributed by atoms with Crippen LogP contribution < -0.4 is 10.2 Å². The van der Waals surface area contributed by atoms with Crippen molar-refractivity contribution in [1.29, 1.82) is 0 Å². The van der Waals surface area contributed by atoms with Crippen LogP contribution in [0.4, 0.5) is 16.4 Å². The van der Waals surface area contributed by atoms with Gasteiger partial charge in [0.1, 0.15) is 0 Å². The van der Waals surface area contributed by atoms with Gasteiger partial charge in [-0.1, -0.05) is 17.7 Å². The third-order valence-corrected chi connectivity index (χ3v) is 4.23. The minimum absolute atomic E-state index is 0.112. The normalized spacial score (nSPS) is 14.7. The van der Waals surface area contributed by atoms with Crippen molar-refractivity contribution in [3.63, 3.8) is 0 Å². The van der Waals surface area contributed by atoms with Gasteiger partial charge in [0, 0.05) is 49.3 Å². The van der Waals surface area contributed by atoms with Crippen molar-refractivity contribution in [2.45, 2.75) is 6.92 Å². The maximum absolute atomic E-state index is 12.3. The summed E-state index contributed by atoms with van der Waals surface area (Å²) < 4.78 is 0. The van der Waals surface area contributed by atoms with Crippen LogP contribution >= 0.6 is 11.6 Å². The number of aryl methyl sites for hydroxylation is 1. The number of rotatable bonds is 2. The van der Waals surface area contributed by atoms with Crippen molar-refractivity contribution in [1.82, 2.24) is 14.9 Å². The van der Waals surface area contributed by atoms with Gasteiger partial charge in [-0.15, -0.1) is 0 Å². The number of nitrogens with zero attached hydrogens (tertiary/aromatic N) is 4. The van der Waals surface area contributed by atoms with E-state index in [0.717, 1.165) is 5.56 Å². The topological polar surface area (TPSA) is 61.4 Å². The molecule has 6 nitrogen and oxygen atoms in total. The van der Waals surface area contributed by atoms with Crippen LogP contribution in [0.25, 0.3) is 0 Å². The summed E-state index contributed by atoms with van der Waals surface area (Å²) in [4.78, 5) is 24.7. The Morgan fingerprint density at radius 1 is 1.17 bits per heavy atom. The van der Waals surface area contributed by atoms with E-state index in [1.54, 1.807) is 29.4 Å². The first-order valence-electron chi connectivity index (χ1n) is 7.47. The number of amides is 2. The smallest absolute Gasteiger partial charge is 0.321 e. The van der Waals surface area contributed by atoms with Crippen LogP contribution in [-0.4, -0.2) is 47.1 Å². The second-order valence-electron chi connectivity index (χ2n) is 5.42. The Balaban J connectivity index is 1.57. The van der Waals surface area contributed by atoms with Gasteiger partial charge in [-0.05, 0) is 30.7 Å². The molecule has 7 heteroatoms. The largest absolute Gasteiger partial charge is 0.337 e. The van der Waals surface area contributed by atoms with E-state index in [4.69, 9.17) is 11.6 Å². The van der Waals surface area contributed by atoms with E-state index >= 15 is 0 Å². The third-order valence-electron chi connectivity index (χ3n) is 3.82. The lowest BCUT2D eigenvalue weighted by Gasteiger charge is -2.34. The first kappa shape index (κ1) is 15.6. The predicted molar refractivity (Wildman–Crippen MR) is 91.0 cm³/mol. The number of carbonyl (C=O) groups excluding carboxylic acids is 1. The molecule has 1 aliphatic rings. The predicted octanol–water partition coefficient (Wildman–Crippen LogP) is 2.79. The quantitative estimate of drug-likeness (QED) is 0.919. The molecule has 0 radical (unpaired) electrons. The Labute approximate surface area is 140 Å². The van der Waals surface area contributed by atoms with Crippen LogP contribution in [0.5, 0.6) is 0 Å². The fourth-order valence-corrected chi connectivity index (χ4v) is 2.62. The highest BCUT2D eigenvalue weighted by molar-refractivity contribution is 6.31. The number of piperazine rings is 1. The first-order valence-corrected chi connectivity index (χ1v) is 7.85. The lowest BCUT2D eigenvalue weighted by molar-refractivity contribution is 0.208. The molecule has 2 amide bonds. The second kappa shape index (κ2) is 6.83. The van der Waals surface area contributed by atoms with E-state index in [2.05, 4.69) is 20.2 Å². The van der Waals surface area contributed by atoms with E-state index in [9.17, 15) is 4.79 Å². The van der Waals surface area contributed by atoms with Gasteiger partial charge in [-0.2, -0.15) is 0 Å². The first-order chi connectivity index (χ1) is 11.1.